The molecule has 0 saturated carbocycles. The third kappa shape index (κ3) is 3.39. The van der Waals surface area contributed by atoms with E-state index in [0.29, 0.717) is 5.56 Å². The molecular weight excluding hydrogens is 232 g/mol. The van der Waals surface area contributed by atoms with E-state index in [1.165, 1.54) is 24.3 Å². The van der Waals surface area contributed by atoms with Crippen molar-refractivity contribution in [2.45, 2.75) is 25.5 Å². The molecule has 0 aromatic heterocycles. The first-order chi connectivity index (χ1) is 7.84. The number of hydrogen-bond donors (Lipinski definition) is 3. The minimum Gasteiger partial charge on any atom is -0.465 e. The second-order valence-electron chi connectivity index (χ2n) is 3.65. The zero-order chi connectivity index (χ0) is 13.1. The third-order valence-electron chi connectivity index (χ3n) is 2.31. The summed E-state index contributed by atoms with van der Waals surface area (Å²) in [4.78, 5) is 10.2. The van der Waals surface area contributed by atoms with Gasteiger partial charge in [-0.2, -0.15) is 8.78 Å². The van der Waals surface area contributed by atoms with Crippen molar-refractivity contribution in [1.29, 1.82) is 0 Å². The number of carbonyl (C=O) groups is 1. The molecule has 1 unspecified atom stereocenters. The summed E-state index contributed by atoms with van der Waals surface area (Å²) in [5.41, 5.74) is 0.268. The van der Waals surface area contributed by atoms with Crippen LogP contribution in [0.2, 0.25) is 0 Å². The molecule has 0 aliphatic carbocycles. The molecule has 94 valence electrons. The van der Waals surface area contributed by atoms with E-state index >= 15 is 0 Å². The number of rotatable bonds is 4. The molecule has 0 spiro atoms. The van der Waals surface area contributed by atoms with Gasteiger partial charge in [-0.3, -0.25) is 0 Å². The molecule has 0 heterocycles. The van der Waals surface area contributed by atoms with E-state index in [4.69, 9.17) is 10.2 Å². The Labute approximate surface area is 96.9 Å². The minimum absolute atomic E-state index is 0.0515. The molecule has 1 atom stereocenters. The number of hydrogen-bond acceptors (Lipinski definition) is 2. The van der Waals surface area contributed by atoms with E-state index in [-0.39, 0.29) is 12.1 Å². The van der Waals surface area contributed by atoms with Crippen molar-refractivity contribution in [2.75, 3.05) is 0 Å². The molecule has 0 fully saturated rings. The Kier molecular flexibility index (Phi) is 4.01. The summed E-state index contributed by atoms with van der Waals surface area (Å²) >= 11 is 0. The van der Waals surface area contributed by atoms with Crippen LogP contribution in [-0.4, -0.2) is 22.4 Å². The van der Waals surface area contributed by atoms with Crippen LogP contribution in [0.15, 0.2) is 24.3 Å². The number of benzene rings is 1. The lowest BCUT2D eigenvalue weighted by atomic mass is 10.0. The maximum atomic E-state index is 13.4. The zero-order valence-corrected chi connectivity index (χ0v) is 9.15. The normalized spacial score (nSPS) is 13.2. The molecule has 6 heteroatoms. The van der Waals surface area contributed by atoms with E-state index in [0.717, 1.165) is 6.92 Å². The lowest BCUT2D eigenvalue weighted by molar-refractivity contribution is -0.106. The van der Waals surface area contributed by atoms with Crippen molar-refractivity contribution < 1.29 is 23.8 Å². The number of halogens is 2. The Balaban J connectivity index is 2.77. The van der Waals surface area contributed by atoms with Gasteiger partial charge in [-0.15, -0.1) is 0 Å². The van der Waals surface area contributed by atoms with Crippen LogP contribution < -0.4 is 5.32 Å². The fourth-order valence-corrected chi connectivity index (χ4v) is 1.26. The van der Waals surface area contributed by atoms with Crippen LogP contribution in [0.3, 0.4) is 0 Å². The first-order valence-corrected chi connectivity index (χ1v) is 4.96. The van der Waals surface area contributed by atoms with Gasteiger partial charge in [0.1, 0.15) is 6.10 Å². The largest absolute Gasteiger partial charge is 0.465 e. The molecule has 1 aromatic carbocycles. The molecule has 0 radical (unpaired) electrons. The summed E-state index contributed by atoms with van der Waals surface area (Å²) in [5, 5.41) is 19.4. The van der Waals surface area contributed by atoms with Gasteiger partial charge in [0, 0.05) is 12.1 Å². The molecule has 0 aliphatic rings. The summed E-state index contributed by atoms with van der Waals surface area (Å²) in [6.45, 7) is 1.07. The first-order valence-electron chi connectivity index (χ1n) is 4.96. The van der Waals surface area contributed by atoms with Gasteiger partial charge in [-0.25, -0.2) is 4.79 Å². The fourth-order valence-electron chi connectivity index (χ4n) is 1.26. The van der Waals surface area contributed by atoms with Crippen molar-refractivity contribution in [3.8, 4) is 0 Å². The lowest BCUT2D eigenvalue weighted by Crippen LogP contribution is -2.28. The summed E-state index contributed by atoms with van der Waals surface area (Å²) in [6, 6.07) is 5.13. The van der Waals surface area contributed by atoms with E-state index in [2.05, 4.69) is 5.32 Å². The minimum atomic E-state index is -3.31. The highest BCUT2D eigenvalue weighted by molar-refractivity contribution is 5.64. The number of carboxylic acid groups (broad SMARTS) is 1. The molecule has 0 saturated heterocycles. The quantitative estimate of drug-likeness (QED) is 0.759. The van der Waals surface area contributed by atoms with Gasteiger partial charge in [0.05, 0.1) is 0 Å². The van der Waals surface area contributed by atoms with Crippen LogP contribution in [-0.2, 0) is 12.5 Å². The summed E-state index contributed by atoms with van der Waals surface area (Å²) in [6.07, 6.45) is -2.95. The molecule has 0 aliphatic heterocycles. The van der Waals surface area contributed by atoms with E-state index in [1.54, 1.807) is 0 Å². The smallest absolute Gasteiger partial charge is 0.404 e. The molecule has 17 heavy (non-hydrogen) atoms. The van der Waals surface area contributed by atoms with Crippen molar-refractivity contribution in [1.82, 2.24) is 5.32 Å². The Hall–Kier alpha value is -1.69. The standard InChI is InChI=1S/C11H13F2NO3/c1-7(15)11(12,13)9-4-2-8(3-5-9)6-14-10(16)17/h2-5,7,14-15H,6H2,1H3,(H,16,17). The number of amides is 1. The van der Waals surface area contributed by atoms with Crippen LogP contribution in [0.25, 0.3) is 0 Å². The summed E-state index contributed by atoms with van der Waals surface area (Å²) in [7, 11) is 0. The number of nitrogens with one attached hydrogen (secondary N) is 1. The van der Waals surface area contributed by atoms with Crippen molar-refractivity contribution >= 4 is 6.09 Å². The number of alkyl halides is 2. The van der Waals surface area contributed by atoms with Crippen LogP contribution in [0.1, 0.15) is 18.1 Å². The topological polar surface area (TPSA) is 69.6 Å². The molecule has 0 bridgehead atoms. The van der Waals surface area contributed by atoms with Gasteiger partial charge >= 0.3 is 6.09 Å². The monoisotopic (exact) mass is 245 g/mol. The van der Waals surface area contributed by atoms with E-state index in [9.17, 15) is 13.6 Å². The highest BCUT2D eigenvalue weighted by atomic mass is 19.3. The highest BCUT2D eigenvalue weighted by Crippen LogP contribution is 2.31. The van der Waals surface area contributed by atoms with Crippen LogP contribution in [0.5, 0.6) is 0 Å². The van der Waals surface area contributed by atoms with Gasteiger partial charge in [0.2, 0.25) is 0 Å². The number of aliphatic hydroxyl groups is 1. The van der Waals surface area contributed by atoms with Crippen molar-refractivity contribution in [3.63, 3.8) is 0 Å². The molecule has 4 nitrogen and oxygen atoms in total. The molecular formula is C11H13F2NO3. The zero-order valence-electron chi connectivity index (χ0n) is 9.15. The average Bonchev–Trinajstić information content (AvgIpc) is 2.26. The fraction of sp³-hybridized carbons (Fsp3) is 0.364. The van der Waals surface area contributed by atoms with Crippen molar-refractivity contribution in [2.24, 2.45) is 0 Å². The van der Waals surface area contributed by atoms with Crippen LogP contribution in [0.4, 0.5) is 13.6 Å². The van der Waals surface area contributed by atoms with Crippen LogP contribution >= 0.6 is 0 Å². The Morgan fingerprint density at radius 2 is 1.94 bits per heavy atom. The summed E-state index contributed by atoms with van der Waals surface area (Å²) < 4.78 is 26.7. The van der Waals surface area contributed by atoms with E-state index in [1.807, 2.05) is 0 Å². The third-order valence-corrected chi connectivity index (χ3v) is 2.31. The van der Waals surface area contributed by atoms with Gasteiger partial charge in [0.15, 0.2) is 0 Å². The molecule has 1 rings (SSSR count). The predicted molar refractivity (Wildman–Crippen MR) is 56.9 cm³/mol. The Morgan fingerprint density at radius 3 is 2.35 bits per heavy atom. The van der Waals surface area contributed by atoms with Crippen molar-refractivity contribution in [3.05, 3.63) is 35.4 Å². The van der Waals surface area contributed by atoms with Gasteiger partial charge < -0.3 is 15.5 Å². The molecule has 1 amide bonds. The maximum Gasteiger partial charge on any atom is 0.404 e. The lowest BCUT2D eigenvalue weighted by Gasteiger charge is -2.19. The average molecular weight is 245 g/mol. The second kappa shape index (κ2) is 5.09. The predicted octanol–water partition coefficient (Wildman–Crippen LogP) is 1.93. The molecule has 3 N–H and O–H groups in total. The Bertz CT molecular complexity index is 390. The maximum absolute atomic E-state index is 13.4. The number of aliphatic hydroxyl groups excluding tert-OH is 1. The highest BCUT2D eigenvalue weighted by Gasteiger charge is 2.37. The van der Waals surface area contributed by atoms with Gasteiger partial charge in [-0.05, 0) is 12.5 Å². The SMILES string of the molecule is CC(O)C(F)(F)c1ccc(CNC(=O)O)cc1. The van der Waals surface area contributed by atoms with Gasteiger partial charge in [0.25, 0.3) is 5.92 Å². The van der Waals surface area contributed by atoms with Gasteiger partial charge in [-0.1, -0.05) is 24.3 Å². The molecule has 1 aromatic rings. The first kappa shape index (κ1) is 13.4. The Morgan fingerprint density at radius 1 is 1.41 bits per heavy atom. The van der Waals surface area contributed by atoms with E-state index < -0.39 is 18.1 Å². The van der Waals surface area contributed by atoms with Crippen LogP contribution in [0, 0.1) is 0 Å². The summed E-state index contributed by atoms with van der Waals surface area (Å²) in [5.74, 6) is -3.31. The second-order valence-corrected chi connectivity index (χ2v) is 3.65.